The molecule has 17 heavy (non-hydrogen) atoms. The van der Waals surface area contributed by atoms with Crippen LogP contribution in [-0.2, 0) is 5.60 Å². The molecule has 2 aromatic carbocycles. The SMILES string of the molecule is Cc1ccc(C(C)(O)c2ccccc2F)cc1. The van der Waals surface area contributed by atoms with Crippen molar-refractivity contribution in [2.24, 2.45) is 0 Å². The highest BCUT2D eigenvalue weighted by Gasteiger charge is 2.28. The zero-order valence-electron chi connectivity index (χ0n) is 9.94. The summed E-state index contributed by atoms with van der Waals surface area (Å²) in [6.45, 7) is 3.58. The summed E-state index contributed by atoms with van der Waals surface area (Å²) in [6, 6.07) is 13.8. The van der Waals surface area contributed by atoms with E-state index in [0.29, 0.717) is 11.1 Å². The Morgan fingerprint density at radius 3 is 2.18 bits per heavy atom. The number of benzene rings is 2. The number of aliphatic hydroxyl groups is 1. The van der Waals surface area contributed by atoms with E-state index in [1.165, 1.54) is 6.07 Å². The maximum atomic E-state index is 13.7. The van der Waals surface area contributed by atoms with Crippen molar-refractivity contribution in [3.05, 3.63) is 71.0 Å². The van der Waals surface area contributed by atoms with E-state index in [4.69, 9.17) is 0 Å². The van der Waals surface area contributed by atoms with E-state index >= 15 is 0 Å². The Kier molecular flexibility index (Phi) is 2.99. The summed E-state index contributed by atoms with van der Waals surface area (Å²) in [7, 11) is 0. The van der Waals surface area contributed by atoms with Crippen molar-refractivity contribution in [2.75, 3.05) is 0 Å². The van der Waals surface area contributed by atoms with Crippen LogP contribution in [0.3, 0.4) is 0 Å². The number of aryl methyl sites for hydroxylation is 1. The molecule has 1 unspecified atom stereocenters. The van der Waals surface area contributed by atoms with Crippen LogP contribution in [0.5, 0.6) is 0 Å². The molecule has 0 heterocycles. The van der Waals surface area contributed by atoms with Gasteiger partial charge in [-0.2, -0.15) is 0 Å². The maximum Gasteiger partial charge on any atom is 0.129 e. The van der Waals surface area contributed by atoms with Crippen molar-refractivity contribution in [3.8, 4) is 0 Å². The lowest BCUT2D eigenvalue weighted by molar-refractivity contribution is 0.0979. The molecule has 0 aliphatic heterocycles. The zero-order chi connectivity index (χ0) is 12.5. The van der Waals surface area contributed by atoms with Crippen LogP contribution in [0, 0.1) is 12.7 Å². The summed E-state index contributed by atoms with van der Waals surface area (Å²) in [5.41, 5.74) is 0.786. The van der Waals surface area contributed by atoms with E-state index in [0.717, 1.165) is 5.56 Å². The molecule has 0 aromatic heterocycles. The van der Waals surface area contributed by atoms with Crippen molar-refractivity contribution in [1.29, 1.82) is 0 Å². The Morgan fingerprint density at radius 2 is 1.59 bits per heavy atom. The third-order valence-electron chi connectivity index (χ3n) is 3.01. The zero-order valence-corrected chi connectivity index (χ0v) is 9.94. The van der Waals surface area contributed by atoms with Gasteiger partial charge >= 0.3 is 0 Å². The number of hydrogen-bond donors (Lipinski definition) is 1. The van der Waals surface area contributed by atoms with Gasteiger partial charge in [0.25, 0.3) is 0 Å². The van der Waals surface area contributed by atoms with Crippen LogP contribution in [0.1, 0.15) is 23.6 Å². The van der Waals surface area contributed by atoms with Gasteiger partial charge in [-0.05, 0) is 25.5 Å². The minimum Gasteiger partial charge on any atom is -0.381 e. The topological polar surface area (TPSA) is 20.2 Å². The van der Waals surface area contributed by atoms with Gasteiger partial charge in [0.2, 0.25) is 0 Å². The smallest absolute Gasteiger partial charge is 0.129 e. The highest BCUT2D eigenvalue weighted by molar-refractivity contribution is 5.36. The van der Waals surface area contributed by atoms with Gasteiger partial charge < -0.3 is 5.11 Å². The van der Waals surface area contributed by atoms with Gasteiger partial charge in [-0.25, -0.2) is 4.39 Å². The van der Waals surface area contributed by atoms with Gasteiger partial charge in [-0.3, -0.25) is 0 Å². The van der Waals surface area contributed by atoms with Crippen LogP contribution < -0.4 is 0 Å². The van der Waals surface area contributed by atoms with E-state index in [1.54, 1.807) is 25.1 Å². The average Bonchev–Trinajstić information content (AvgIpc) is 2.30. The fraction of sp³-hybridized carbons (Fsp3) is 0.200. The quantitative estimate of drug-likeness (QED) is 0.838. The van der Waals surface area contributed by atoms with Crippen molar-refractivity contribution in [3.63, 3.8) is 0 Å². The van der Waals surface area contributed by atoms with Gasteiger partial charge in [-0.15, -0.1) is 0 Å². The number of halogens is 1. The van der Waals surface area contributed by atoms with Crippen LogP contribution in [0.25, 0.3) is 0 Å². The first kappa shape index (κ1) is 11.8. The summed E-state index contributed by atoms with van der Waals surface area (Å²) in [6.07, 6.45) is 0. The second-order valence-corrected chi connectivity index (χ2v) is 4.42. The Morgan fingerprint density at radius 1 is 1.00 bits per heavy atom. The van der Waals surface area contributed by atoms with E-state index in [2.05, 4.69) is 0 Å². The van der Waals surface area contributed by atoms with Gasteiger partial charge in [0.1, 0.15) is 11.4 Å². The molecule has 0 saturated heterocycles. The molecular formula is C15H15FO. The summed E-state index contributed by atoms with van der Waals surface area (Å²) < 4.78 is 13.7. The first-order chi connectivity index (χ1) is 8.01. The second-order valence-electron chi connectivity index (χ2n) is 4.42. The third kappa shape index (κ3) is 2.22. The van der Waals surface area contributed by atoms with Gasteiger partial charge in [-0.1, -0.05) is 48.0 Å². The first-order valence-electron chi connectivity index (χ1n) is 5.56. The van der Waals surface area contributed by atoms with E-state index in [-0.39, 0.29) is 0 Å². The van der Waals surface area contributed by atoms with Crippen LogP contribution in [0.4, 0.5) is 4.39 Å². The summed E-state index contributed by atoms with van der Waals surface area (Å²) in [5, 5.41) is 10.5. The molecule has 2 rings (SSSR count). The summed E-state index contributed by atoms with van der Waals surface area (Å²) in [5.74, 6) is -0.391. The molecule has 0 aliphatic carbocycles. The molecule has 1 N–H and O–H groups in total. The minimum atomic E-state index is -1.31. The van der Waals surface area contributed by atoms with Crippen LogP contribution in [0.2, 0.25) is 0 Å². The number of hydrogen-bond acceptors (Lipinski definition) is 1. The molecule has 0 spiro atoms. The maximum absolute atomic E-state index is 13.7. The molecule has 0 aliphatic rings. The molecule has 0 amide bonds. The predicted octanol–water partition coefficient (Wildman–Crippen LogP) is 3.39. The summed E-state index contributed by atoms with van der Waals surface area (Å²) >= 11 is 0. The average molecular weight is 230 g/mol. The van der Waals surface area contributed by atoms with E-state index < -0.39 is 11.4 Å². The normalized spacial score (nSPS) is 14.4. The van der Waals surface area contributed by atoms with Crippen molar-refractivity contribution in [2.45, 2.75) is 19.4 Å². The largest absolute Gasteiger partial charge is 0.381 e. The second kappa shape index (κ2) is 4.30. The van der Waals surface area contributed by atoms with E-state index in [9.17, 15) is 9.50 Å². The Labute approximate surface area is 101 Å². The lowest BCUT2D eigenvalue weighted by Crippen LogP contribution is -2.24. The molecule has 1 nitrogen and oxygen atoms in total. The standard InChI is InChI=1S/C15H15FO/c1-11-7-9-12(10-8-11)15(2,17)13-5-3-4-6-14(13)16/h3-10,17H,1-2H3. The molecular weight excluding hydrogens is 215 g/mol. The molecule has 0 saturated carbocycles. The molecule has 1 atom stereocenters. The summed E-state index contributed by atoms with van der Waals surface area (Å²) in [4.78, 5) is 0. The molecule has 0 radical (unpaired) electrons. The lowest BCUT2D eigenvalue weighted by atomic mass is 9.87. The molecule has 88 valence electrons. The van der Waals surface area contributed by atoms with Gasteiger partial charge in [0.05, 0.1) is 0 Å². The molecule has 2 heteroatoms. The third-order valence-corrected chi connectivity index (χ3v) is 3.01. The predicted molar refractivity (Wildman–Crippen MR) is 66.3 cm³/mol. The van der Waals surface area contributed by atoms with Crippen LogP contribution in [-0.4, -0.2) is 5.11 Å². The monoisotopic (exact) mass is 230 g/mol. The Balaban J connectivity index is 2.49. The van der Waals surface area contributed by atoms with Crippen molar-refractivity contribution >= 4 is 0 Å². The highest BCUT2D eigenvalue weighted by atomic mass is 19.1. The van der Waals surface area contributed by atoms with Crippen molar-refractivity contribution in [1.82, 2.24) is 0 Å². The molecule has 2 aromatic rings. The first-order valence-corrected chi connectivity index (χ1v) is 5.56. The highest BCUT2D eigenvalue weighted by Crippen LogP contribution is 2.30. The molecule has 0 bridgehead atoms. The number of rotatable bonds is 2. The van der Waals surface area contributed by atoms with Crippen molar-refractivity contribution < 1.29 is 9.50 Å². The Bertz CT molecular complexity index is 515. The fourth-order valence-electron chi connectivity index (χ4n) is 1.89. The fourth-order valence-corrected chi connectivity index (χ4v) is 1.89. The lowest BCUT2D eigenvalue weighted by Gasteiger charge is -2.25. The molecule has 0 fully saturated rings. The van der Waals surface area contributed by atoms with Crippen LogP contribution in [0.15, 0.2) is 48.5 Å². The van der Waals surface area contributed by atoms with Gasteiger partial charge in [0, 0.05) is 5.56 Å². The van der Waals surface area contributed by atoms with Gasteiger partial charge in [0.15, 0.2) is 0 Å². The minimum absolute atomic E-state index is 0.295. The van der Waals surface area contributed by atoms with E-state index in [1.807, 2.05) is 31.2 Å². The Hall–Kier alpha value is -1.67. The van der Waals surface area contributed by atoms with Crippen LogP contribution >= 0.6 is 0 Å².